The van der Waals surface area contributed by atoms with Crippen LogP contribution in [0.2, 0.25) is 10.0 Å². The van der Waals surface area contributed by atoms with Crippen molar-refractivity contribution in [2.24, 2.45) is 0 Å². The summed E-state index contributed by atoms with van der Waals surface area (Å²) in [5.74, 6) is 0.899. The lowest BCUT2D eigenvalue weighted by Gasteiger charge is -2.27. The number of halogens is 2. The van der Waals surface area contributed by atoms with Gasteiger partial charge in [0.1, 0.15) is 0 Å². The van der Waals surface area contributed by atoms with Gasteiger partial charge >= 0.3 is 0 Å². The van der Waals surface area contributed by atoms with Crippen LogP contribution >= 0.6 is 34.5 Å². The molecule has 1 atom stereocenters. The number of nitrogens with zero attached hydrogens (tertiary/aromatic N) is 4. The van der Waals surface area contributed by atoms with Crippen molar-refractivity contribution in [2.45, 2.75) is 32.2 Å². The summed E-state index contributed by atoms with van der Waals surface area (Å²) in [4.78, 5) is 8.42. The number of hydrogen-bond donors (Lipinski definition) is 1. The number of aryl methyl sites for hydroxylation is 1. The summed E-state index contributed by atoms with van der Waals surface area (Å²) in [7, 11) is 0. The average Bonchev–Trinajstić information content (AvgIpc) is 3.31. The second-order valence-corrected chi connectivity index (χ2v) is 8.01. The van der Waals surface area contributed by atoms with Crippen LogP contribution in [0.3, 0.4) is 0 Å². The van der Waals surface area contributed by atoms with E-state index in [1.165, 1.54) is 11.3 Å². The highest BCUT2D eigenvalue weighted by atomic mass is 35.5. The summed E-state index contributed by atoms with van der Waals surface area (Å²) in [6, 6.07) is 5.60. The third-order valence-corrected chi connectivity index (χ3v) is 6.38. The van der Waals surface area contributed by atoms with Crippen molar-refractivity contribution in [1.29, 1.82) is 0 Å². The molecule has 0 aliphatic carbocycles. The quantitative estimate of drug-likeness (QED) is 0.702. The van der Waals surface area contributed by atoms with Gasteiger partial charge < -0.3 is 5.11 Å². The van der Waals surface area contributed by atoms with Gasteiger partial charge in [-0.05, 0) is 43.6 Å². The summed E-state index contributed by atoms with van der Waals surface area (Å²) in [6.45, 7) is 3.97. The van der Waals surface area contributed by atoms with E-state index in [0.717, 1.165) is 48.6 Å². The van der Waals surface area contributed by atoms with Gasteiger partial charge in [0.2, 0.25) is 10.8 Å². The highest BCUT2D eigenvalue weighted by molar-refractivity contribution is 7.17. The molecular weight excluding hydrogens is 379 g/mol. The number of hydrogen-bond acceptors (Lipinski definition) is 5. The predicted octanol–water partition coefficient (Wildman–Crippen LogP) is 4.55. The van der Waals surface area contributed by atoms with Crippen LogP contribution in [-0.4, -0.2) is 37.7 Å². The van der Waals surface area contributed by atoms with Gasteiger partial charge in [-0.3, -0.25) is 4.90 Å². The van der Waals surface area contributed by atoms with E-state index in [2.05, 4.69) is 15.0 Å². The SMILES string of the molecule is CCc1nc2sc([C@@H](c3ccc(Cl)c(Cl)c3)N3CCCC3)c(O)n2n1. The van der Waals surface area contributed by atoms with Crippen molar-refractivity contribution in [3.05, 3.63) is 44.5 Å². The summed E-state index contributed by atoms with van der Waals surface area (Å²) in [5.41, 5.74) is 1.02. The van der Waals surface area contributed by atoms with Gasteiger partial charge in [0.05, 0.1) is 21.0 Å². The lowest BCUT2D eigenvalue weighted by Crippen LogP contribution is -2.26. The van der Waals surface area contributed by atoms with E-state index in [4.69, 9.17) is 23.2 Å². The maximum absolute atomic E-state index is 10.8. The monoisotopic (exact) mass is 396 g/mol. The number of aromatic nitrogens is 3. The third-order valence-electron chi connectivity index (χ3n) is 4.57. The second kappa shape index (κ2) is 6.76. The van der Waals surface area contributed by atoms with Crippen LogP contribution in [0.5, 0.6) is 5.88 Å². The Morgan fingerprint density at radius 3 is 2.64 bits per heavy atom. The smallest absolute Gasteiger partial charge is 0.230 e. The Bertz CT molecular complexity index is 917. The third kappa shape index (κ3) is 3.01. The Morgan fingerprint density at radius 2 is 2.00 bits per heavy atom. The molecule has 0 unspecified atom stereocenters. The normalized spacial score (nSPS) is 16.8. The highest BCUT2D eigenvalue weighted by Crippen LogP contribution is 2.42. The van der Waals surface area contributed by atoms with Crippen molar-refractivity contribution in [3.63, 3.8) is 0 Å². The highest BCUT2D eigenvalue weighted by Gasteiger charge is 2.31. The number of thiazole rings is 1. The first-order chi connectivity index (χ1) is 12.1. The molecule has 0 bridgehead atoms. The molecule has 25 heavy (non-hydrogen) atoms. The molecule has 5 nitrogen and oxygen atoms in total. The Kier molecular flexibility index (Phi) is 4.62. The van der Waals surface area contributed by atoms with Gasteiger partial charge in [-0.2, -0.15) is 4.52 Å². The predicted molar refractivity (Wildman–Crippen MR) is 101 cm³/mol. The fourth-order valence-corrected chi connectivity index (χ4v) is 4.77. The van der Waals surface area contributed by atoms with Crippen LogP contribution in [0, 0.1) is 0 Å². The molecule has 1 N–H and O–H groups in total. The zero-order valence-electron chi connectivity index (χ0n) is 13.7. The summed E-state index contributed by atoms with van der Waals surface area (Å²) < 4.78 is 1.54. The van der Waals surface area contributed by atoms with E-state index in [9.17, 15) is 5.11 Å². The van der Waals surface area contributed by atoms with E-state index < -0.39 is 0 Å². The van der Waals surface area contributed by atoms with Crippen molar-refractivity contribution < 1.29 is 5.11 Å². The molecule has 1 saturated heterocycles. The van der Waals surface area contributed by atoms with Gasteiger partial charge in [0.15, 0.2) is 5.82 Å². The Balaban J connectivity index is 1.84. The molecule has 3 heterocycles. The van der Waals surface area contributed by atoms with Gasteiger partial charge in [-0.25, -0.2) is 4.98 Å². The fraction of sp³-hybridized carbons (Fsp3) is 0.412. The first kappa shape index (κ1) is 17.1. The minimum Gasteiger partial charge on any atom is -0.492 e. The molecule has 0 radical (unpaired) electrons. The number of fused-ring (bicyclic) bond motifs is 1. The van der Waals surface area contributed by atoms with E-state index in [1.807, 2.05) is 25.1 Å². The van der Waals surface area contributed by atoms with Gasteiger partial charge in [-0.15, -0.1) is 5.10 Å². The Morgan fingerprint density at radius 1 is 1.24 bits per heavy atom. The first-order valence-electron chi connectivity index (χ1n) is 8.34. The minimum absolute atomic E-state index is 0.0733. The average molecular weight is 397 g/mol. The molecule has 2 aromatic heterocycles. The molecular formula is C17H18Cl2N4OS. The summed E-state index contributed by atoms with van der Waals surface area (Å²) >= 11 is 13.8. The molecule has 0 amide bonds. The van der Waals surface area contributed by atoms with Crippen LogP contribution in [0.4, 0.5) is 0 Å². The first-order valence-corrected chi connectivity index (χ1v) is 9.92. The van der Waals surface area contributed by atoms with E-state index in [0.29, 0.717) is 15.0 Å². The molecule has 3 aromatic rings. The van der Waals surface area contributed by atoms with Crippen molar-refractivity contribution >= 4 is 39.5 Å². The van der Waals surface area contributed by atoms with E-state index in [-0.39, 0.29) is 11.9 Å². The van der Waals surface area contributed by atoms with Crippen LogP contribution in [0.15, 0.2) is 18.2 Å². The van der Waals surface area contributed by atoms with Gasteiger partial charge in [0, 0.05) is 6.42 Å². The number of likely N-dealkylation sites (tertiary alicyclic amines) is 1. The molecule has 0 saturated carbocycles. The van der Waals surface area contributed by atoms with Crippen LogP contribution < -0.4 is 0 Å². The molecule has 0 spiro atoms. The van der Waals surface area contributed by atoms with Crippen LogP contribution in [-0.2, 0) is 6.42 Å². The lowest BCUT2D eigenvalue weighted by atomic mass is 10.0. The largest absolute Gasteiger partial charge is 0.492 e. The number of aromatic hydroxyl groups is 1. The van der Waals surface area contributed by atoms with Gasteiger partial charge in [-0.1, -0.05) is 47.5 Å². The standard InChI is InChI=1S/C17H18Cl2N4OS/c1-2-13-20-17-23(21-13)16(24)15(25-17)14(22-7-3-4-8-22)10-5-6-11(18)12(19)9-10/h5-6,9,14,24H,2-4,7-8H2,1H3/t14-/m1/s1. The summed E-state index contributed by atoms with van der Waals surface area (Å²) in [5, 5.41) is 16.2. The second-order valence-electron chi connectivity index (χ2n) is 6.19. The van der Waals surface area contributed by atoms with Crippen molar-refractivity contribution in [2.75, 3.05) is 13.1 Å². The molecule has 1 aliphatic rings. The van der Waals surface area contributed by atoms with E-state index in [1.54, 1.807) is 4.52 Å². The zero-order valence-corrected chi connectivity index (χ0v) is 16.1. The van der Waals surface area contributed by atoms with Gasteiger partial charge in [0.25, 0.3) is 0 Å². The molecule has 132 valence electrons. The van der Waals surface area contributed by atoms with Crippen molar-refractivity contribution in [1.82, 2.24) is 19.5 Å². The molecule has 4 rings (SSSR count). The minimum atomic E-state index is -0.0733. The Hall–Kier alpha value is -1.34. The molecule has 8 heteroatoms. The lowest BCUT2D eigenvalue weighted by molar-refractivity contribution is 0.277. The maximum atomic E-state index is 10.8. The topological polar surface area (TPSA) is 53.7 Å². The van der Waals surface area contributed by atoms with Crippen LogP contribution in [0.25, 0.3) is 4.96 Å². The summed E-state index contributed by atoms with van der Waals surface area (Å²) in [6.07, 6.45) is 3.05. The zero-order chi connectivity index (χ0) is 17.6. The molecule has 1 aromatic carbocycles. The maximum Gasteiger partial charge on any atom is 0.230 e. The van der Waals surface area contributed by atoms with Crippen LogP contribution in [0.1, 0.15) is 42.1 Å². The van der Waals surface area contributed by atoms with Crippen molar-refractivity contribution in [3.8, 4) is 5.88 Å². The molecule has 1 fully saturated rings. The van der Waals surface area contributed by atoms with E-state index >= 15 is 0 Å². The Labute approximate surface area is 159 Å². The number of rotatable bonds is 4. The molecule has 1 aliphatic heterocycles. The number of benzene rings is 1. The fourth-order valence-electron chi connectivity index (χ4n) is 3.33.